The number of aliphatic hydroxyl groups excluding tert-OH is 1. The molecule has 0 atom stereocenters. The molecule has 0 amide bonds. The van der Waals surface area contributed by atoms with Crippen molar-refractivity contribution in [3.63, 3.8) is 0 Å². The summed E-state index contributed by atoms with van der Waals surface area (Å²) < 4.78 is 31.1. The molecule has 7 heteroatoms. The molecule has 0 unspecified atom stereocenters. The highest BCUT2D eigenvalue weighted by Crippen LogP contribution is 2.29. The van der Waals surface area contributed by atoms with Gasteiger partial charge in [0.2, 0.25) is 10.0 Å². The summed E-state index contributed by atoms with van der Waals surface area (Å²) in [5, 5.41) is 8.96. The number of sulfonamides is 1. The van der Waals surface area contributed by atoms with Crippen LogP contribution in [0.5, 0.6) is 5.75 Å². The molecule has 6 nitrogen and oxygen atoms in total. The van der Waals surface area contributed by atoms with Gasteiger partial charge >= 0.3 is 0 Å². The second-order valence-corrected chi connectivity index (χ2v) is 6.84. The number of benzene rings is 1. The minimum atomic E-state index is -3.38. The van der Waals surface area contributed by atoms with Gasteiger partial charge in [0.25, 0.3) is 0 Å². The van der Waals surface area contributed by atoms with Crippen molar-refractivity contribution >= 4 is 15.7 Å². The van der Waals surface area contributed by atoms with Gasteiger partial charge in [0, 0.05) is 18.3 Å². The zero-order valence-electron chi connectivity index (χ0n) is 11.2. The van der Waals surface area contributed by atoms with Crippen molar-refractivity contribution in [3.05, 3.63) is 24.3 Å². The topological polar surface area (TPSA) is 92.9 Å². The van der Waals surface area contributed by atoms with Crippen molar-refractivity contribution in [2.24, 2.45) is 0 Å². The third kappa shape index (κ3) is 4.09. The fourth-order valence-corrected chi connectivity index (χ4v) is 3.51. The van der Waals surface area contributed by atoms with Crippen LogP contribution >= 0.6 is 0 Å². The van der Waals surface area contributed by atoms with Crippen molar-refractivity contribution in [2.45, 2.75) is 18.9 Å². The maximum absolute atomic E-state index is 12.2. The molecule has 0 radical (unpaired) electrons. The summed E-state index contributed by atoms with van der Waals surface area (Å²) in [6.45, 7) is 0.0876. The number of hydrogen-bond donors (Lipinski definition) is 2. The molecule has 1 aromatic carbocycles. The minimum Gasteiger partial charge on any atom is -0.492 e. The molecular formula is C13H20N2O4S. The first-order chi connectivity index (χ1) is 9.53. The first kappa shape index (κ1) is 15.1. The Bertz CT molecular complexity index is 526. The third-order valence-corrected chi connectivity index (χ3v) is 5.00. The number of rotatable bonds is 8. The average molecular weight is 300 g/mol. The summed E-state index contributed by atoms with van der Waals surface area (Å²) in [5.41, 5.74) is 6.19. The molecule has 0 aromatic heterocycles. The van der Waals surface area contributed by atoms with Crippen molar-refractivity contribution < 1.29 is 18.3 Å². The first-order valence-corrected chi connectivity index (χ1v) is 8.22. The molecule has 0 bridgehead atoms. The van der Waals surface area contributed by atoms with E-state index in [1.807, 2.05) is 0 Å². The average Bonchev–Trinajstić information content (AvgIpc) is 3.22. The zero-order chi connectivity index (χ0) is 14.6. The maximum atomic E-state index is 12.2. The first-order valence-electron chi connectivity index (χ1n) is 6.61. The quantitative estimate of drug-likeness (QED) is 0.679. The Morgan fingerprint density at radius 3 is 2.50 bits per heavy atom. The predicted molar refractivity (Wildman–Crippen MR) is 77.0 cm³/mol. The Balaban J connectivity index is 1.86. The van der Waals surface area contributed by atoms with E-state index in [9.17, 15) is 8.42 Å². The molecule has 1 saturated carbocycles. The van der Waals surface area contributed by atoms with Crippen molar-refractivity contribution in [1.29, 1.82) is 0 Å². The highest BCUT2D eigenvalue weighted by atomic mass is 32.2. The molecule has 1 aliphatic carbocycles. The van der Waals surface area contributed by atoms with E-state index in [1.165, 1.54) is 4.31 Å². The van der Waals surface area contributed by atoms with Gasteiger partial charge in [0.1, 0.15) is 12.4 Å². The van der Waals surface area contributed by atoms with Crippen LogP contribution in [0.3, 0.4) is 0 Å². The largest absolute Gasteiger partial charge is 0.492 e. The molecule has 1 aromatic rings. The number of aliphatic hydroxyl groups is 1. The molecule has 2 rings (SSSR count). The van der Waals surface area contributed by atoms with Gasteiger partial charge in [-0.15, -0.1) is 0 Å². The Kier molecular flexibility index (Phi) is 4.85. The van der Waals surface area contributed by atoms with Crippen molar-refractivity contribution in [2.75, 3.05) is 31.2 Å². The lowest BCUT2D eigenvalue weighted by molar-refractivity contribution is 0.249. The molecule has 0 spiro atoms. The molecule has 0 saturated heterocycles. The summed E-state index contributed by atoms with van der Waals surface area (Å²) >= 11 is 0. The SMILES string of the molecule is Nc1ccc(OCCS(=O)(=O)N(CCO)C2CC2)cc1. The molecule has 0 heterocycles. The highest BCUT2D eigenvalue weighted by Gasteiger charge is 2.36. The van der Waals surface area contributed by atoms with Crippen LogP contribution in [-0.2, 0) is 10.0 Å². The van der Waals surface area contributed by atoms with E-state index >= 15 is 0 Å². The Morgan fingerprint density at radius 2 is 1.95 bits per heavy atom. The molecule has 20 heavy (non-hydrogen) atoms. The van der Waals surface area contributed by atoms with Crippen LogP contribution in [0.2, 0.25) is 0 Å². The van der Waals surface area contributed by atoms with E-state index in [1.54, 1.807) is 24.3 Å². The summed E-state index contributed by atoms with van der Waals surface area (Å²) in [4.78, 5) is 0. The minimum absolute atomic E-state index is 0.0590. The van der Waals surface area contributed by atoms with E-state index in [0.29, 0.717) is 11.4 Å². The lowest BCUT2D eigenvalue weighted by Crippen LogP contribution is -2.38. The summed E-state index contributed by atoms with van der Waals surface area (Å²) in [6, 6.07) is 6.87. The predicted octanol–water partition coefficient (Wildman–Crippen LogP) is 0.434. The second-order valence-electron chi connectivity index (χ2n) is 4.80. The smallest absolute Gasteiger partial charge is 0.217 e. The monoisotopic (exact) mass is 300 g/mol. The normalized spacial score (nSPS) is 15.5. The van der Waals surface area contributed by atoms with Crippen LogP contribution in [0.25, 0.3) is 0 Å². The summed E-state index contributed by atoms with van der Waals surface area (Å²) in [6.07, 6.45) is 1.75. The molecule has 1 aliphatic rings. The second kappa shape index (κ2) is 6.43. The number of nitrogens with two attached hydrogens (primary N) is 1. The van der Waals surface area contributed by atoms with Gasteiger partial charge in [-0.25, -0.2) is 8.42 Å². The van der Waals surface area contributed by atoms with E-state index in [0.717, 1.165) is 12.8 Å². The number of hydrogen-bond acceptors (Lipinski definition) is 5. The van der Waals surface area contributed by atoms with E-state index in [-0.39, 0.29) is 31.6 Å². The molecule has 0 aliphatic heterocycles. The Hall–Kier alpha value is -1.31. The van der Waals surface area contributed by atoms with Gasteiger partial charge in [-0.1, -0.05) is 0 Å². The standard InChI is InChI=1S/C13H20N2O4S/c14-11-1-5-13(6-2-11)19-9-10-20(17,18)15(7-8-16)12-3-4-12/h1-2,5-6,12,16H,3-4,7-10,14H2. The van der Waals surface area contributed by atoms with Gasteiger partial charge < -0.3 is 15.6 Å². The summed E-state index contributed by atoms with van der Waals surface area (Å²) in [7, 11) is -3.38. The summed E-state index contributed by atoms with van der Waals surface area (Å²) in [5.74, 6) is 0.503. The number of ether oxygens (including phenoxy) is 1. The Morgan fingerprint density at radius 1 is 1.30 bits per heavy atom. The number of anilines is 1. The lowest BCUT2D eigenvalue weighted by atomic mass is 10.3. The van der Waals surface area contributed by atoms with Crippen LogP contribution in [0.4, 0.5) is 5.69 Å². The highest BCUT2D eigenvalue weighted by molar-refractivity contribution is 7.89. The van der Waals surface area contributed by atoms with Crippen molar-refractivity contribution in [3.8, 4) is 5.75 Å². The molecule has 112 valence electrons. The van der Waals surface area contributed by atoms with Crippen LogP contribution in [0.1, 0.15) is 12.8 Å². The fourth-order valence-electron chi connectivity index (χ4n) is 1.96. The van der Waals surface area contributed by atoms with E-state index in [2.05, 4.69) is 0 Å². The van der Waals surface area contributed by atoms with E-state index in [4.69, 9.17) is 15.6 Å². The third-order valence-electron chi connectivity index (χ3n) is 3.12. The lowest BCUT2D eigenvalue weighted by Gasteiger charge is -2.20. The molecule has 1 fully saturated rings. The van der Waals surface area contributed by atoms with Gasteiger partial charge in [-0.3, -0.25) is 0 Å². The maximum Gasteiger partial charge on any atom is 0.217 e. The number of nitrogens with zero attached hydrogens (tertiary/aromatic N) is 1. The zero-order valence-corrected chi connectivity index (χ0v) is 12.1. The van der Waals surface area contributed by atoms with Gasteiger partial charge in [-0.05, 0) is 37.1 Å². The molecule has 3 N–H and O–H groups in total. The van der Waals surface area contributed by atoms with Crippen LogP contribution in [0.15, 0.2) is 24.3 Å². The van der Waals surface area contributed by atoms with Crippen LogP contribution < -0.4 is 10.5 Å². The van der Waals surface area contributed by atoms with Crippen LogP contribution in [0, 0.1) is 0 Å². The Labute approximate surface area is 119 Å². The van der Waals surface area contributed by atoms with Gasteiger partial charge in [0.05, 0.1) is 12.4 Å². The van der Waals surface area contributed by atoms with Crippen molar-refractivity contribution in [1.82, 2.24) is 4.31 Å². The van der Waals surface area contributed by atoms with E-state index < -0.39 is 10.0 Å². The fraction of sp³-hybridized carbons (Fsp3) is 0.538. The number of nitrogen functional groups attached to an aromatic ring is 1. The van der Waals surface area contributed by atoms with Gasteiger partial charge in [-0.2, -0.15) is 4.31 Å². The van der Waals surface area contributed by atoms with Gasteiger partial charge in [0.15, 0.2) is 0 Å². The van der Waals surface area contributed by atoms with Crippen LogP contribution in [-0.4, -0.2) is 49.4 Å². The molecular weight excluding hydrogens is 280 g/mol.